The Balaban J connectivity index is 1.76. The molecule has 1 heterocycles. The zero-order valence-corrected chi connectivity index (χ0v) is 13.9. The minimum Gasteiger partial charge on any atom is -0.490 e. The Morgan fingerprint density at radius 1 is 1.12 bits per heavy atom. The van der Waals surface area contributed by atoms with Gasteiger partial charge in [-0.3, -0.25) is 0 Å². The van der Waals surface area contributed by atoms with E-state index in [1.54, 1.807) is 4.68 Å². The minimum absolute atomic E-state index is 0.120. The van der Waals surface area contributed by atoms with Crippen molar-refractivity contribution in [3.63, 3.8) is 0 Å². The summed E-state index contributed by atoms with van der Waals surface area (Å²) in [5.74, 6) is 0.863. The zero-order chi connectivity index (χ0) is 17.2. The molecule has 2 radical (unpaired) electrons. The maximum Gasteiger partial charge on any atom is 0.120 e. The lowest BCUT2D eigenvalue weighted by atomic mass is 9.94. The van der Waals surface area contributed by atoms with E-state index >= 15 is 0 Å². The zero-order valence-electron chi connectivity index (χ0n) is 13.9. The molecular weight excluding hydrogens is 311 g/mol. The summed E-state index contributed by atoms with van der Waals surface area (Å²) in [6.45, 7) is -0.120. The molecule has 5 heteroatoms. The summed E-state index contributed by atoms with van der Waals surface area (Å²) in [7, 11) is 6.12. The second-order valence-corrected chi connectivity index (χ2v) is 6.35. The van der Waals surface area contributed by atoms with E-state index in [9.17, 15) is 5.11 Å². The first-order valence-corrected chi connectivity index (χ1v) is 8.56. The number of nitrogens with zero attached hydrogens (tertiary/aromatic N) is 2. The molecule has 1 aliphatic carbocycles. The number of ether oxygens (including phenoxy) is 1. The highest BCUT2D eigenvalue weighted by molar-refractivity contribution is 6.34. The number of aliphatic hydroxyl groups is 1. The monoisotopic (exact) mass is 330 g/mol. The molecule has 1 N–H and O–H groups in total. The highest BCUT2D eigenvalue weighted by Gasteiger charge is 2.19. The average Bonchev–Trinajstić information content (AvgIpc) is 3.03. The fourth-order valence-electron chi connectivity index (χ4n) is 2.99. The maximum atomic E-state index is 9.52. The van der Waals surface area contributed by atoms with Gasteiger partial charge in [0.05, 0.1) is 29.8 Å². The van der Waals surface area contributed by atoms with E-state index in [1.807, 2.05) is 54.6 Å². The summed E-state index contributed by atoms with van der Waals surface area (Å²) in [4.78, 5) is 0. The Bertz CT molecular complexity index is 887. The second kappa shape index (κ2) is 6.77. The fourth-order valence-corrected chi connectivity index (χ4v) is 2.99. The van der Waals surface area contributed by atoms with E-state index in [4.69, 9.17) is 12.6 Å². The van der Waals surface area contributed by atoms with Crippen LogP contribution in [0.15, 0.2) is 54.6 Å². The highest BCUT2D eigenvalue weighted by atomic mass is 16.5. The molecular formula is C20H19BN2O2. The van der Waals surface area contributed by atoms with Gasteiger partial charge in [0.1, 0.15) is 13.6 Å². The van der Waals surface area contributed by atoms with Gasteiger partial charge < -0.3 is 9.84 Å². The van der Waals surface area contributed by atoms with Crippen molar-refractivity contribution < 1.29 is 9.84 Å². The number of aliphatic hydroxyl groups excluding tert-OH is 1. The Kier molecular flexibility index (Phi) is 4.32. The SMILES string of the molecule is [B]c1ccccc1-n1nc(CO)cc1-c1cccc(OC2CCC2)c1. The molecule has 0 atom stereocenters. The van der Waals surface area contributed by atoms with Gasteiger partial charge in [0.15, 0.2) is 0 Å². The van der Waals surface area contributed by atoms with Gasteiger partial charge in [-0.2, -0.15) is 5.10 Å². The van der Waals surface area contributed by atoms with Crippen molar-refractivity contribution in [2.75, 3.05) is 0 Å². The van der Waals surface area contributed by atoms with Crippen LogP contribution in [0.5, 0.6) is 5.75 Å². The van der Waals surface area contributed by atoms with Crippen LogP contribution in [0.4, 0.5) is 0 Å². The number of aromatic nitrogens is 2. The quantitative estimate of drug-likeness (QED) is 0.732. The number of para-hydroxylation sites is 1. The van der Waals surface area contributed by atoms with Crippen molar-refractivity contribution in [3.8, 4) is 22.7 Å². The van der Waals surface area contributed by atoms with Gasteiger partial charge >= 0.3 is 0 Å². The maximum absolute atomic E-state index is 9.52. The Morgan fingerprint density at radius 2 is 1.96 bits per heavy atom. The molecule has 0 amide bonds. The predicted molar refractivity (Wildman–Crippen MR) is 98.6 cm³/mol. The summed E-state index contributed by atoms with van der Waals surface area (Å²) in [5, 5.41) is 14.0. The van der Waals surface area contributed by atoms with Crippen molar-refractivity contribution in [2.24, 2.45) is 0 Å². The third-order valence-electron chi connectivity index (χ3n) is 4.57. The summed E-state index contributed by atoms with van der Waals surface area (Å²) in [6.07, 6.45) is 3.82. The van der Waals surface area contributed by atoms with Crippen LogP contribution < -0.4 is 10.2 Å². The third-order valence-corrected chi connectivity index (χ3v) is 4.57. The second-order valence-electron chi connectivity index (χ2n) is 6.35. The van der Waals surface area contributed by atoms with E-state index in [1.165, 1.54) is 6.42 Å². The standard InChI is InChI=1S/C20H19BN2O2/c21-18-9-1-2-10-19(18)23-20(12-15(13-24)22-23)14-5-3-8-17(11-14)25-16-6-4-7-16/h1-3,5,8-12,16,24H,4,6-7,13H2. The first-order valence-electron chi connectivity index (χ1n) is 8.56. The third kappa shape index (κ3) is 3.20. The normalized spacial score (nSPS) is 14.3. The molecule has 1 fully saturated rings. The lowest BCUT2D eigenvalue weighted by molar-refractivity contribution is 0.120. The lowest BCUT2D eigenvalue weighted by Crippen LogP contribution is -2.24. The molecule has 2 aromatic carbocycles. The average molecular weight is 330 g/mol. The summed E-state index contributed by atoms with van der Waals surface area (Å²) >= 11 is 0. The number of hydrogen-bond donors (Lipinski definition) is 1. The molecule has 1 saturated carbocycles. The number of rotatable bonds is 5. The van der Waals surface area contributed by atoms with Crippen molar-refractivity contribution in [1.29, 1.82) is 0 Å². The molecule has 124 valence electrons. The van der Waals surface area contributed by atoms with Crippen LogP contribution in [0.3, 0.4) is 0 Å². The van der Waals surface area contributed by atoms with Crippen LogP contribution in [0.25, 0.3) is 16.9 Å². The van der Waals surface area contributed by atoms with Crippen molar-refractivity contribution in [2.45, 2.75) is 32.0 Å². The summed E-state index contributed by atoms with van der Waals surface area (Å²) < 4.78 is 7.79. The van der Waals surface area contributed by atoms with Gasteiger partial charge in [-0.05, 0) is 43.5 Å². The molecule has 0 bridgehead atoms. The molecule has 0 spiro atoms. The number of benzene rings is 2. The van der Waals surface area contributed by atoms with Gasteiger partial charge in [-0.25, -0.2) is 4.68 Å². The molecule has 1 aromatic heterocycles. The van der Waals surface area contributed by atoms with E-state index in [0.717, 1.165) is 35.5 Å². The molecule has 4 rings (SSSR count). The van der Waals surface area contributed by atoms with Crippen LogP contribution in [0.1, 0.15) is 25.0 Å². The largest absolute Gasteiger partial charge is 0.490 e. The van der Waals surface area contributed by atoms with Crippen molar-refractivity contribution in [1.82, 2.24) is 9.78 Å². The molecule has 1 aliphatic rings. The fraction of sp³-hybridized carbons (Fsp3) is 0.250. The van der Waals surface area contributed by atoms with Crippen LogP contribution in [0.2, 0.25) is 0 Å². The lowest BCUT2D eigenvalue weighted by Gasteiger charge is -2.26. The number of hydrogen-bond acceptors (Lipinski definition) is 3. The molecule has 0 aliphatic heterocycles. The van der Waals surface area contributed by atoms with Gasteiger partial charge in [0.25, 0.3) is 0 Å². The van der Waals surface area contributed by atoms with Gasteiger partial charge in [0, 0.05) is 5.56 Å². The molecule has 3 aromatic rings. The van der Waals surface area contributed by atoms with Gasteiger partial charge in [0.2, 0.25) is 0 Å². The first-order chi connectivity index (χ1) is 12.2. The first kappa shape index (κ1) is 16.0. The van der Waals surface area contributed by atoms with Crippen LogP contribution in [-0.4, -0.2) is 28.8 Å². The minimum atomic E-state index is -0.120. The molecule has 0 saturated heterocycles. The molecule has 4 nitrogen and oxygen atoms in total. The van der Waals surface area contributed by atoms with E-state index < -0.39 is 0 Å². The predicted octanol–water partition coefficient (Wildman–Crippen LogP) is 2.76. The van der Waals surface area contributed by atoms with E-state index in [0.29, 0.717) is 17.3 Å². The Hall–Kier alpha value is -2.53. The van der Waals surface area contributed by atoms with Crippen molar-refractivity contribution in [3.05, 3.63) is 60.3 Å². The Morgan fingerprint density at radius 3 is 2.68 bits per heavy atom. The van der Waals surface area contributed by atoms with Crippen LogP contribution in [0, 0.1) is 0 Å². The molecule has 0 unspecified atom stereocenters. The topological polar surface area (TPSA) is 47.3 Å². The van der Waals surface area contributed by atoms with Gasteiger partial charge in [-0.1, -0.05) is 35.8 Å². The summed E-state index contributed by atoms with van der Waals surface area (Å²) in [5.41, 5.74) is 3.89. The van der Waals surface area contributed by atoms with Crippen LogP contribution >= 0.6 is 0 Å². The summed E-state index contributed by atoms with van der Waals surface area (Å²) in [6, 6.07) is 17.5. The molecule has 25 heavy (non-hydrogen) atoms. The van der Waals surface area contributed by atoms with Crippen molar-refractivity contribution >= 4 is 13.3 Å². The van der Waals surface area contributed by atoms with Gasteiger partial charge in [-0.15, -0.1) is 0 Å². The smallest absolute Gasteiger partial charge is 0.120 e. The van der Waals surface area contributed by atoms with Crippen LogP contribution in [-0.2, 0) is 6.61 Å². The Labute approximate surface area is 148 Å². The highest BCUT2D eigenvalue weighted by Crippen LogP contribution is 2.30. The van der Waals surface area contributed by atoms with E-state index in [2.05, 4.69) is 5.10 Å². The van der Waals surface area contributed by atoms with E-state index in [-0.39, 0.29) is 6.61 Å².